The minimum absolute atomic E-state index is 0.503. The lowest BCUT2D eigenvalue weighted by molar-refractivity contribution is 0.347. The van der Waals surface area contributed by atoms with Crippen molar-refractivity contribution < 1.29 is 0 Å². The number of aromatic nitrogens is 2. The number of hydrogen-bond donors (Lipinski definition) is 1. The number of nitrogens with zero attached hydrogens (tertiary/aromatic N) is 2. The minimum Gasteiger partial charge on any atom is -0.315 e. The number of nitrogens with one attached hydrogen (secondary N) is 1. The van der Waals surface area contributed by atoms with E-state index < -0.39 is 0 Å². The van der Waals surface area contributed by atoms with Crippen LogP contribution in [0.15, 0.2) is 41.1 Å². The number of benzene rings is 1. The van der Waals surface area contributed by atoms with Crippen LogP contribution in [0.1, 0.15) is 18.9 Å². The lowest BCUT2D eigenvalue weighted by Crippen LogP contribution is -2.31. The lowest BCUT2D eigenvalue weighted by atomic mass is 10.1. The predicted molar refractivity (Wildman–Crippen MR) is 76.5 cm³/mol. The van der Waals surface area contributed by atoms with E-state index in [0.717, 1.165) is 17.6 Å². The van der Waals surface area contributed by atoms with E-state index in [2.05, 4.69) is 61.5 Å². The van der Waals surface area contributed by atoms with Crippen LogP contribution in [0.25, 0.3) is 11.1 Å². The zero-order valence-corrected chi connectivity index (χ0v) is 11.7. The molecule has 1 aliphatic rings. The highest BCUT2D eigenvalue weighted by Crippen LogP contribution is 2.23. The molecule has 1 atom stereocenters. The van der Waals surface area contributed by atoms with E-state index in [1.54, 1.807) is 0 Å². The van der Waals surface area contributed by atoms with Gasteiger partial charge in [0.2, 0.25) is 0 Å². The number of hydrogen-bond acceptors (Lipinski definition) is 2. The van der Waals surface area contributed by atoms with Crippen molar-refractivity contribution in [2.45, 2.75) is 18.9 Å². The summed E-state index contributed by atoms with van der Waals surface area (Å²) in [7, 11) is 0. The summed E-state index contributed by atoms with van der Waals surface area (Å²) in [5.74, 6) is 0. The van der Waals surface area contributed by atoms with E-state index in [4.69, 9.17) is 0 Å². The van der Waals surface area contributed by atoms with E-state index in [0.29, 0.717) is 6.04 Å². The molecule has 0 radical (unpaired) electrons. The maximum atomic E-state index is 4.50. The van der Waals surface area contributed by atoms with Gasteiger partial charge >= 0.3 is 0 Å². The van der Waals surface area contributed by atoms with Crippen molar-refractivity contribution in [3.05, 3.63) is 41.1 Å². The molecule has 1 aromatic carbocycles. The van der Waals surface area contributed by atoms with Crippen LogP contribution in [0.5, 0.6) is 0 Å². The minimum atomic E-state index is 0.503. The quantitative estimate of drug-likeness (QED) is 0.923. The van der Waals surface area contributed by atoms with Crippen LogP contribution in [0.3, 0.4) is 0 Å². The molecule has 2 aromatic rings. The molecule has 18 heavy (non-hydrogen) atoms. The third-order valence-corrected chi connectivity index (χ3v) is 3.95. The van der Waals surface area contributed by atoms with Gasteiger partial charge in [0.25, 0.3) is 0 Å². The Kier molecular flexibility index (Phi) is 3.48. The van der Waals surface area contributed by atoms with Crippen molar-refractivity contribution in [1.29, 1.82) is 0 Å². The van der Waals surface area contributed by atoms with E-state index in [1.165, 1.54) is 24.0 Å². The number of piperidine rings is 1. The molecule has 4 heteroatoms. The Morgan fingerprint density at radius 3 is 2.78 bits per heavy atom. The zero-order chi connectivity index (χ0) is 12.4. The molecule has 0 aliphatic carbocycles. The van der Waals surface area contributed by atoms with Gasteiger partial charge in [-0.2, -0.15) is 5.10 Å². The smallest absolute Gasteiger partial charge is 0.0644 e. The van der Waals surface area contributed by atoms with Crippen LogP contribution >= 0.6 is 15.9 Å². The maximum absolute atomic E-state index is 4.50. The van der Waals surface area contributed by atoms with Crippen LogP contribution in [0.4, 0.5) is 0 Å². The van der Waals surface area contributed by atoms with Crippen LogP contribution in [-0.4, -0.2) is 22.9 Å². The third-order valence-electron chi connectivity index (χ3n) is 3.42. The molecule has 1 aromatic heterocycles. The predicted octanol–water partition coefficient (Wildman–Crippen LogP) is 3.24. The van der Waals surface area contributed by atoms with Gasteiger partial charge < -0.3 is 5.32 Å². The Bertz CT molecular complexity index is 512. The molecular formula is C14H16BrN3. The topological polar surface area (TPSA) is 29.9 Å². The Hall–Kier alpha value is -1.13. The summed E-state index contributed by atoms with van der Waals surface area (Å²) >= 11 is 3.46. The van der Waals surface area contributed by atoms with Gasteiger partial charge in [0.15, 0.2) is 0 Å². The van der Waals surface area contributed by atoms with Gasteiger partial charge in [-0.25, -0.2) is 0 Å². The van der Waals surface area contributed by atoms with E-state index in [-0.39, 0.29) is 0 Å². The molecule has 0 saturated carbocycles. The molecule has 1 saturated heterocycles. The van der Waals surface area contributed by atoms with Crippen LogP contribution in [-0.2, 0) is 0 Å². The standard InChI is InChI=1S/C14H16BrN3/c15-13-5-3-11(4-6-13)12-8-17-18(10-12)14-2-1-7-16-9-14/h3-6,8,10,14,16H,1-2,7,9H2. The van der Waals surface area contributed by atoms with Crippen molar-refractivity contribution in [2.24, 2.45) is 0 Å². The number of rotatable bonds is 2. The Labute approximate surface area is 115 Å². The SMILES string of the molecule is Brc1ccc(-c2cnn(C3CCCNC3)c2)cc1. The molecule has 0 amide bonds. The first kappa shape index (κ1) is 11.9. The second-order valence-electron chi connectivity index (χ2n) is 4.72. The first-order chi connectivity index (χ1) is 8.83. The summed E-state index contributed by atoms with van der Waals surface area (Å²) in [4.78, 5) is 0. The summed E-state index contributed by atoms with van der Waals surface area (Å²) in [5, 5.41) is 7.93. The van der Waals surface area contributed by atoms with Crippen molar-refractivity contribution in [3.63, 3.8) is 0 Å². The van der Waals surface area contributed by atoms with Crippen LogP contribution in [0, 0.1) is 0 Å². The van der Waals surface area contributed by atoms with Crippen molar-refractivity contribution in [1.82, 2.24) is 15.1 Å². The van der Waals surface area contributed by atoms with Gasteiger partial charge in [0.1, 0.15) is 0 Å². The fraction of sp³-hybridized carbons (Fsp3) is 0.357. The summed E-state index contributed by atoms with van der Waals surface area (Å²) < 4.78 is 3.21. The first-order valence-corrected chi connectivity index (χ1v) is 7.13. The summed E-state index contributed by atoms with van der Waals surface area (Å²) in [6.45, 7) is 2.17. The maximum Gasteiger partial charge on any atom is 0.0644 e. The zero-order valence-electron chi connectivity index (χ0n) is 10.1. The molecule has 2 heterocycles. The summed E-state index contributed by atoms with van der Waals surface area (Å²) in [6.07, 6.45) is 6.56. The molecular weight excluding hydrogens is 290 g/mol. The van der Waals surface area contributed by atoms with Gasteiger partial charge in [-0.3, -0.25) is 4.68 Å². The Morgan fingerprint density at radius 2 is 2.06 bits per heavy atom. The second kappa shape index (κ2) is 5.24. The highest BCUT2D eigenvalue weighted by Gasteiger charge is 2.15. The highest BCUT2D eigenvalue weighted by atomic mass is 79.9. The molecule has 3 nitrogen and oxygen atoms in total. The van der Waals surface area contributed by atoms with Gasteiger partial charge in [-0.1, -0.05) is 28.1 Å². The summed E-state index contributed by atoms with van der Waals surface area (Å²) in [5.41, 5.74) is 2.40. The highest BCUT2D eigenvalue weighted by molar-refractivity contribution is 9.10. The summed E-state index contributed by atoms with van der Waals surface area (Å²) in [6, 6.07) is 8.86. The van der Waals surface area contributed by atoms with Gasteiger partial charge in [-0.05, 0) is 37.1 Å². The van der Waals surface area contributed by atoms with Crippen molar-refractivity contribution in [2.75, 3.05) is 13.1 Å². The second-order valence-corrected chi connectivity index (χ2v) is 5.63. The van der Waals surface area contributed by atoms with Crippen molar-refractivity contribution in [3.8, 4) is 11.1 Å². The molecule has 1 aliphatic heterocycles. The van der Waals surface area contributed by atoms with E-state index >= 15 is 0 Å². The fourth-order valence-electron chi connectivity index (χ4n) is 2.39. The van der Waals surface area contributed by atoms with Crippen LogP contribution < -0.4 is 5.32 Å². The molecule has 94 valence electrons. The number of halogens is 1. The molecule has 0 spiro atoms. The monoisotopic (exact) mass is 305 g/mol. The normalized spacial score (nSPS) is 19.9. The first-order valence-electron chi connectivity index (χ1n) is 6.34. The van der Waals surface area contributed by atoms with Gasteiger partial charge in [-0.15, -0.1) is 0 Å². The average molecular weight is 306 g/mol. The third kappa shape index (κ3) is 2.49. The average Bonchev–Trinajstić information content (AvgIpc) is 2.90. The van der Waals surface area contributed by atoms with E-state index in [9.17, 15) is 0 Å². The molecule has 1 N–H and O–H groups in total. The lowest BCUT2D eigenvalue weighted by Gasteiger charge is -2.22. The molecule has 1 fully saturated rings. The van der Waals surface area contributed by atoms with Crippen molar-refractivity contribution >= 4 is 15.9 Å². The van der Waals surface area contributed by atoms with E-state index in [1.807, 2.05) is 6.20 Å². The molecule has 3 rings (SSSR count). The Balaban J connectivity index is 1.82. The molecule has 1 unspecified atom stereocenters. The van der Waals surface area contributed by atoms with Gasteiger partial charge in [0, 0.05) is 22.8 Å². The Morgan fingerprint density at radius 1 is 1.22 bits per heavy atom. The molecule has 0 bridgehead atoms. The largest absolute Gasteiger partial charge is 0.315 e. The fourth-order valence-corrected chi connectivity index (χ4v) is 2.65. The van der Waals surface area contributed by atoms with Crippen LogP contribution in [0.2, 0.25) is 0 Å². The van der Waals surface area contributed by atoms with Gasteiger partial charge in [0.05, 0.1) is 12.2 Å².